The summed E-state index contributed by atoms with van der Waals surface area (Å²) in [6.07, 6.45) is 2.34. The SMILES string of the molecule is COc1ccc(CNC(=O)C[C@@H]2C=C[C@@H](NC(=O)Nc3ccc4c(c3)OCO4)[C@@H](CO)O2)cc1. The first-order valence-electron chi connectivity index (χ1n) is 10.9. The van der Waals surface area contributed by atoms with E-state index in [0.29, 0.717) is 23.7 Å². The van der Waals surface area contributed by atoms with E-state index in [9.17, 15) is 14.7 Å². The summed E-state index contributed by atoms with van der Waals surface area (Å²) in [6, 6.07) is 11.5. The van der Waals surface area contributed by atoms with Crippen molar-refractivity contribution in [3.63, 3.8) is 0 Å². The Morgan fingerprint density at radius 1 is 1.09 bits per heavy atom. The molecule has 0 aromatic heterocycles. The molecule has 4 rings (SSSR count). The first kappa shape index (κ1) is 23.4. The Labute approximate surface area is 196 Å². The summed E-state index contributed by atoms with van der Waals surface area (Å²) < 4.78 is 21.5. The van der Waals surface area contributed by atoms with Gasteiger partial charge in [0.05, 0.1) is 32.3 Å². The summed E-state index contributed by atoms with van der Waals surface area (Å²) in [5.74, 6) is 1.74. The Balaban J connectivity index is 1.25. The molecule has 3 amide bonds. The molecule has 2 aliphatic rings. The molecular formula is C24H27N3O7. The van der Waals surface area contributed by atoms with Gasteiger partial charge in [0, 0.05) is 18.3 Å². The largest absolute Gasteiger partial charge is 0.497 e. The molecule has 3 atom stereocenters. The summed E-state index contributed by atoms with van der Waals surface area (Å²) in [4.78, 5) is 24.8. The minimum atomic E-state index is -0.688. The molecular weight excluding hydrogens is 442 g/mol. The standard InChI is InChI=1S/C24H27N3O7/c1-31-17-5-2-15(3-6-17)12-25-23(29)11-18-7-8-19(22(13-28)34-18)27-24(30)26-16-4-9-20-21(10-16)33-14-32-20/h2-10,18-19,22,28H,11-14H2,1H3,(H,25,29)(H2,26,27,30)/t18-,19+,22+/m0/s1. The highest BCUT2D eigenvalue weighted by molar-refractivity contribution is 5.90. The van der Waals surface area contributed by atoms with Crippen LogP contribution in [-0.4, -0.2) is 55.8 Å². The Morgan fingerprint density at radius 2 is 1.88 bits per heavy atom. The zero-order chi connectivity index (χ0) is 23.9. The molecule has 0 aliphatic carbocycles. The average molecular weight is 469 g/mol. The normalized spacial score (nSPS) is 20.5. The fraction of sp³-hybridized carbons (Fsp3) is 0.333. The van der Waals surface area contributed by atoms with Crippen molar-refractivity contribution in [2.24, 2.45) is 0 Å². The van der Waals surface area contributed by atoms with E-state index in [0.717, 1.165) is 11.3 Å². The van der Waals surface area contributed by atoms with Gasteiger partial charge in [0.25, 0.3) is 0 Å². The van der Waals surface area contributed by atoms with E-state index in [1.54, 1.807) is 37.5 Å². The summed E-state index contributed by atoms with van der Waals surface area (Å²) in [7, 11) is 1.60. The molecule has 34 heavy (non-hydrogen) atoms. The molecule has 2 aliphatic heterocycles. The highest BCUT2D eigenvalue weighted by Gasteiger charge is 2.29. The second-order valence-corrected chi connectivity index (χ2v) is 7.80. The number of fused-ring (bicyclic) bond motifs is 1. The highest BCUT2D eigenvalue weighted by atomic mass is 16.7. The molecule has 180 valence electrons. The molecule has 0 saturated heterocycles. The number of nitrogens with one attached hydrogen (secondary N) is 3. The Kier molecular flexibility index (Phi) is 7.51. The molecule has 10 heteroatoms. The smallest absolute Gasteiger partial charge is 0.319 e. The van der Waals surface area contributed by atoms with Crippen molar-refractivity contribution in [1.82, 2.24) is 10.6 Å². The lowest BCUT2D eigenvalue weighted by Gasteiger charge is -2.31. The van der Waals surface area contributed by atoms with Crippen molar-refractivity contribution in [2.75, 3.05) is 25.8 Å². The number of amides is 3. The molecule has 0 fully saturated rings. The maximum absolute atomic E-state index is 12.4. The second-order valence-electron chi connectivity index (χ2n) is 7.80. The van der Waals surface area contributed by atoms with Gasteiger partial charge in [-0.3, -0.25) is 4.79 Å². The van der Waals surface area contributed by atoms with E-state index in [2.05, 4.69) is 16.0 Å². The van der Waals surface area contributed by atoms with E-state index in [1.165, 1.54) is 0 Å². The number of anilines is 1. The van der Waals surface area contributed by atoms with Gasteiger partial charge in [-0.1, -0.05) is 24.3 Å². The van der Waals surface area contributed by atoms with Crippen molar-refractivity contribution in [1.29, 1.82) is 0 Å². The summed E-state index contributed by atoms with van der Waals surface area (Å²) in [6.45, 7) is 0.213. The van der Waals surface area contributed by atoms with Crippen LogP contribution in [0.15, 0.2) is 54.6 Å². The lowest BCUT2D eigenvalue weighted by Crippen LogP contribution is -2.50. The minimum Gasteiger partial charge on any atom is -0.497 e. The van der Waals surface area contributed by atoms with Crippen LogP contribution in [0.5, 0.6) is 17.2 Å². The van der Waals surface area contributed by atoms with E-state index < -0.39 is 24.3 Å². The van der Waals surface area contributed by atoms with Gasteiger partial charge in [-0.25, -0.2) is 4.79 Å². The number of hydrogen-bond acceptors (Lipinski definition) is 7. The second kappa shape index (κ2) is 10.9. The van der Waals surface area contributed by atoms with Crippen molar-refractivity contribution in [2.45, 2.75) is 31.2 Å². The van der Waals surface area contributed by atoms with Gasteiger partial charge in [0.15, 0.2) is 11.5 Å². The Hall–Kier alpha value is -3.76. The first-order valence-corrected chi connectivity index (χ1v) is 10.9. The third-order valence-electron chi connectivity index (χ3n) is 5.43. The maximum Gasteiger partial charge on any atom is 0.319 e. The van der Waals surface area contributed by atoms with Crippen molar-refractivity contribution < 1.29 is 33.6 Å². The number of benzene rings is 2. The molecule has 0 unspecified atom stereocenters. The van der Waals surface area contributed by atoms with Gasteiger partial charge in [0.1, 0.15) is 11.9 Å². The van der Waals surface area contributed by atoms with Crippen LogP contribution < -0.4 is 30.2 Å². The fourth-order valence-electron chi connectivity index (χ4n) is 3.63. The van der Waals surface area contributed by atoms with Gasteiger partial charge >= 0.3 is 6.03 Å². The van der Waals surface area contributed by atoms with Gasteiger partial charge in [-0.2, -0.15) is 0 Å². The number of carbonyl (C=O) groups excluding carboxylic acids is 2. The van der Waals surface area contributed by atoms with E-state index in [1.807, 2.05) is 24.3 Å². The van der Waals surface area contributed by atoms with Crippen molar-refractivity contribution in [3.8, 4) is 17.2 Å². The Bertz CT molecular complexity index is 1040. The summed E-state index contributed by atoms with van der Waals surface area (Å²) in [5.41, 5.74) is 1.48. The average Bonchev–Trinajstić information content (AvgIpc) is 3.32. The molecule has 0 radical (unpaired) electrons. The van der Waals surface area contributed by atoms with Crippen LogP contribution in [0.2, 0.25) is 0 Å². The zero-order valence-electron chi connectivity index (χ0n) is 18.7. The number of urea groups is 1. The van der Waals surface area contributed by atoms with Gasteiger partial charge in [-0.05, 0) is 29.8 Å². The van der Waals surface area contributed by atoms with Crippen LogP contribution in [0, 0.1) is 0 Å². The summed E-state index contributed by atoms with van der Waals surface area (Å²) in [5, 5.41) is 18.1. The van der Waals surface area contributed by atoms with Crippen LogP contribution in [0.4, 0.5) is 10.5 Å². The lowest BCUT2D eigenvalue weighted by molar-refractivity contribution is -0.125. The number of methoxy groups -OCH3 is 1. The quantitative estimate of drug-likeness (QED) is 0.435. The predicted molar refractivity (Wildman–Crippen MR) is 123 cm³/mol. The molecule has 0 bridgehead atoms. The topological polar surface area (TPSA) is 127 Å². The van der Waals surface area contributed by atoms with Crippen LogP contribution in [0.1, 0.15) is 12.0 Å². The fourth-order valence-corrected chi connectivity index (χ4v) is 3.63. The zero-order valence-corrected chi connectivity index (χ0v) is 18.7. The third kappa shape index (κ3) is 5.97. The van der Waals surface area contributed by atoms with Gasteiger partial charge in [-0.15, -0.1) is 0 Å². The molecule has 4 N–H and O–H groups in total. The van der Waals surface area contributed by atoms with Crippen LogP contribution in [0.3, 0.4) is 0 Å². The van der Waals surface area contributed by atoms with E-state index in [4.69, 9.17) is 18.9 Å². The molecule has 10 nitrogen and oxygen atoms in total. The number of ether oxygens (including phenoxy) is 4. The molecule has 2 aromatic carbocycles. The van der Waals surface area contributed by atoms with E-state index >= 15 is 0 Å². The Morgan fingerprint density at radius 3 is 2.65 bits per heavy atom. The highest BCUT2D eigenvalue weighted by Crippen LogP contribution is 2.34. The molecule has 0 spiro atoms. The maximum atomic E-state index is 12.4. The van der Waals surface area contributed by atoms with Crippen molar-refractivity contribution in [3.05, 3.63) is 60.2 Å². The number of aliphatic hydroxyl groups excluding tert-OH is 1. The van der Waals surface area contributed by atoms with Crippen LogP contribution in [-0.2, 0) is 16.1 Å². The first-order chi connectivity index (χ1) is 16.5. The van der Waals surface area contributed by atoms with Crippen LogP contribution >= 0.6 is 0 Å². The summed E-state index contributed by atoms with van der Waals surface area (Å²) >= 11 is 0. The minimum absolute atomic E-state index is 0.0965. The molecule has 0 saturated carbocycles. The predicted octanol–water partition coefficient (Wildman–Crippen LogP) is 1.94. The van der Waals surface area contributed by atoms with Gasteiger partial charge < -0.3 is 40.0 Å². The third-order valence-corrected chi connectivity index (χ3v) is 5.43. The van der Waals surface area contributed by atoms with E-state index in [-0.39, 0.29) is 25.7 Å². The number of aliphatic hydroxyl groups is 1. The van der Waals surface area contributed by atoms with Crippen LogP contribution in [0.25, 0.3) is 0 Å². The lowest BCUT2D eigenvalue weighted by atomic mass is 10.0. The monoisotopic (exact) mass is 469 g/mol. The number of hydrogen-bond donors (Lipinski definition) is 4. The van der Waals surface area contributed by atoms with Crippen molar-refractivity contribution >= 4 is 17.6 Å². The van der Waals surface area contributed by atoms with Gasteiger partial charge in [0.2, 0.25) is 12.7 Å². The molecule has 2 aromatic rings. The number of carbonyl (C=O) groups is 2. The number of rotatable bonds is 8. The molecule has 2 heterocycles.